The number of para-hydroxylation sites is 2. The van der Waals surface area contributed by atoms with Crippen molar-refractivity contribution in [3.05, 3.63) is 65.7 Å². The van der Waals surface area contributed by atoms with E-state index in [2.05, 4.69) is 9.97 Å². The number of fused-ring (bicyclic) bond motifs is 1. The number of aromatic amines is 1. The second kappa shape index (κ2) is 7.25. The van der Waals surface area contributed by atoms with Crippen LogP contribution in [0, 0.1) is 5.82 Å². The van der Waals surface area contributed by atoms with Gasteiger partial charge in [0.1, 0.15) is 11.6 Å². The molecular weight excluding hydrogens is 305 g/mol. The predicted molar refractivity (Wildman–Crippen MR) is 91.9 cm³/mol. The molecule has 0 aliphatic rings. The fraction of sp³-hybridized carbons (Fsp3) is 0.263. The number of hydrogen-bond acceptors (Lipinski definition) is 2. The molecule has 3 aromatic rings. The zero-order valence-electron chi connectivity index (χ0n) is 13.6. The lowest BCUT2D eigenvalue weighted by Crippen LogP contribution is -2.26. The Hall–Kier alpha value is -2.69. The van der Waals surface area contributed by atoms with Crippen LogP contribution in [0.3, 0.4) is 0 Å². The molecule has 1 N–H and O–H groups in total. The molecule has 3 rings (SSSR count). The Bertz CT molecular complexity index is 793. The fourth-order valence-electron chi connectivity index (χ4n) is 2.67. The van der Waals surface area contributed by atoms with Crippen LogP contribution in [0.4, 0.5) is 4.39 Å². The van der Waals surface area contributed by atoms with Gasteiger partial charge in [-0.15, -0.1) is 0 Å². The minimum atomic E-state index is -0.265. The second-order valence-electron chi connectivity index (χ2n) is 5.93. The van der Waals surface area contributed by atoms with Gasteiger partial charge in [0.15, 0.2) is 0 Å². The molecule has 24 heavy (non-hydrogen) atoms. The zero-order valence-corrected chi connectivity index (χ0v) is 13.6. The van der Waals surface area contributed by atoms with Crippen LogP contribution in [0.25, 0.3) is 11.0 Å². The molecule has 0 saturated heterocycles. The quantitative estimate of drug-likeness (QED) is 0.751. The van der Waals surface area contributed by atoms with Crippen LogP contribution in [-0.2, 0) is 17.8 Å². The van der Waals surface area contributed by atoms with Crippen molar-refractivity contribution in [3.63, 3.8) is 0 Å². The van der Waals surface area contributed by atoms with Gasteiger partial charge in [0.05, 0.1) is 11.0 Å². The maximum atomic E-state index is 12.9. The van der Waals surface area contributed by atoms with Gasteiger partial charge in [0.25, 0.3) is 0 Å². The van der Waals surface area contributed by atoms with Gasteiger partial charge in [-0.3, -0.25) is 4.79 Å². The first-order chi connectivity index (χ1) is 11.6. The average Bonchev–Trinajstić information content (AvgIpc) is 2.99. The molecule has 0 aliphatic carbocycles. The Kier molecular flexibility index (Phi) is 4.89. The number of halogens is 1. The summed E-state index contributed by atoms with van der Waals surface area (Å²) in [5.74, 6) is 0.721. The van der Waals surface area contributed by atoms with E-state index in [1.165, 1.54) is 12.1 Å². The van der Waals surface area contributed by atoms with E-state index in [4.69, 9.17) is 0 Å². The highest BCUT2D eigenvalue weighted by atomic mass is 19.1. The first-order valence-corrected chi connectivity index (χ1v) is 8.04. The molecule has 5 heteroatoms. The predicted octanol–water partition coefficient (Wildman–Crippen LogP) is 3.68. The molecule has 0 fully saturated rings. The maximum absolute atomic E-state index is 12.9. The number of rotatable bonds is 6. The van der Waals surface area contributed by atoms with Gasteiger partial charge >= 0.3 is 0 Å². The molecule has 0 atom stereocenters. The third-order valence-corrected chi connectivity index (χ3v) is 4.00. The smallest absolute Gasteiger partial charge is 0.222 e. The van der Waals surface area contributed by atoms with E-state index in [-0.39, 0.29) is 11.7 Å². The normalized spacial score (nSPS) is 10.9. The third kappa shape index (κ3) is 3.98. The molecule has 1 aromatic heterocycles. The van der Waals surface area contributed by atoms with E-state index in [1.807, 2.05) is 24.3 Å². The van der Waals surface area contributed by atoms with Gasteiger partial charge in [-0.2, -0.15) is 0 Å². The minimum Gasteiger partial charge on any atom is -0.342 e. The van der Waals surface area contributed by atoms with Gasteiger partial charge in [0.2, 0.25) is 5.91 Å². The summed E-state index contributed by atoms with van der Waals surface area (Å²) in [6.45, 7) is 0.490. The number of nitrogens with one attached hydrogen (secondary N) is 1. The van der Waals surface area contributed by atoms with Gasteiger partial charge in [0, 0.05) is 26.4 Å². The van der Waals surface area contributed by atoms with Gasteiger partial charge in [-0.25, -0.2) is 9.37 Å². The number of carbonyl (C=O) groups is 1. The van der Waals surface area contributed by atoms with E-state index in [9.17, 15) is 9.18 Å². The number of H-pyrrole nitrogens is 1. The summed E-state index contributed by atoms with van der Waals surface area (Å²) in [5, 5.41) is 0. The van der Waals surface area contributed by atoms with Crippen LogP contribution in [-0.4, -0.2) is 27.8 Å². The number of carbonyl (C=O) groups excluding carboxylic acids is 1. The van der Waals surface area contributed by atoms with E-state index >= 15 is 0 Å². The molecule has 124 valence electrons. The summed E-state index contributed by atoms with van der Waals surface area (Å²) in [6, 6.07) is 14.1. The van der Waals surface area contributed by atoms with E-state index in [0.717, 1.165) is 35.3 Å². The second-order valence-corrected chi connectivity index (χ2v) is 5.93. The number of amides is 1. The Morgan fingerprint density at radius 2 is 1.92 bits per heavy atom. The number of benzene rings is 2. The average molecular weight is 325 g/mol. The summed E-state index contributed by atoms with van der Waals surface area (Å²) in [5.41, 5.74) is 2.89. The first-order valence-electron chi connectivity index (χ1n) is 8.04. The van der Waals surface area contributed by atoms with Crippen molar-refractivity contribution >= 4 is 16.9 Å². The Morgan fingerprint density at radius 3 is 2.67 bits per heavy atom. The summed E-state index contributed by atoms with van der Waals surface area (Å²) >= 11 is 0. The lowest BCUT2D eigenvalue weighted by atomic mass is 10.2. The van der Waals surface area contributed by atoms with Gasteiger partial charge in [-0.05, 0) is 36.2 Å². The maximum Gasteiger partial charge on any atom is 0.222 e. The lowest BCUT2D eigenvalue weighted by molar-refractivity contribution is -0.130. The van der Waals surface area contributed by atoms with Crippen molar-refractivity contribution in [1.82, 2.24) is 14.9 Å². The van der Waals surface area contributed by atoms with Crippen LogP contribution in [0.5, 0.6) is 0 Å². The molecule has 0 radical (unpaired) electrons. The number of nitrogens with zero attached hydrogens (tertiary/aromatic N) is 2. The Labute approximate surface area is 140 Å². The molecule has 2 aromatic carbocycles. The minimum absolute atomic E-state index is 0.0791. The van der Waals surface area contributed by atoms with Crippen LogP contribution < -0.4 is 0 Å². The zero-order chi connectivity index (χ0) is 16.9. The van der Waals surface area contributed by atoms with Crippen molar-refractivity contribution in [2.75, 3.05) is 7.05 Å². The molecule has 1 amide bonds. The van der Waals surface area contributed by atoms with Crippen molar-refractivity contribution < 1.29 is 9.18 Å². The number of aryl methyl sites for hydroxylation is 1. The molecule has 4 nitrogen and oxygen atoms in total. The van der Waals surface area contributed by atoms with Gasteiger partial charge in [-0.1, -0.05) is 24.3 Å². The molecule has 0 saturated carbocycles. The van der Waals surface area contributed by atoms with Gasteiger partial charge < -0.3 is 9.88 Å². The first kappa shape index (κ1) is 16.2. The summed E-state index contributed by atoms with van der Waals surface area (Å²) < 4.78 is 12.9. The van der Waals surface area contributed by atoms with Crippen molar-refractivity contribution in [3.8, 4) is 0 Å². The molecular formula is C19H20FN3O. The van der Waals surface area contributed by atoms with E-state index < -0.39 is 0 Å². The monoisotopic (exact) mass is 325 g/mol. The highest BCUT2D eigenvalue weighted by molar-refractivity contribution is 5.76. The van der Waals surface area contributed by atoms with Crippen molar-refractivity contribution in [2.45, 2.75) is 25.8 Å². The molecule has 0 unspecified atom stereocenters. The molecule has 0 spiro atoms. The van der Waals surface area contributed by atoms with Crippen LogP contribution in [0.15, 0.2) is 48.5 Å². The standard InChI is InChI=1S/C19H20FN3O/c1-23(13-14-9-11-15(20)12-10-14)19(24)8-4-7-18-21-16-5-2-3-6-17(16)22-18/h2-3,5-6,9-12H,4,7-8,13H2,1H3,(H,21,22). The highest BCUT2D eigenvalue weighted by Crippen LogP contribution is 2.13. The fourth-order valence-corrected chi connectivity index (χ4v) is 2.67. The van der Waals surface area contributed by atoms with Crippen molar-refractivity contribution in [1.29, 1.82) is 0 Å². The summed E-state index contributed by atoms with van der Waals surface area (Å²) in [4.78, 5) is 21.7. The molecule has 1 heterocycles. The molecule has 0 aliphatic heterocycles. The lowest BCUT2D eigenvalue weighted by Gasteiger charge is -2.17. The largest absolute Gasteiger partial charge is 0.342 e. The molecule has 0 bridgehead atoms. The van der Waals surface area contributed by atoms with Crippen molar-refractivity contribution in [2.24, 2.45) is 0 Å². The number of hydrogen-bond donors (Lipinski definition) is 1. The Balaban J connectivity index is 1.48. The highest BCUT2D eigenvalue weighted by Gasteiger charge is 2.10. The number of imidazole rings is 1. The summed E-state index contributed by atoms with van der Waals surface area (Å²) in [7, 11) is 1.77. The number of aromatic nitrogens is 2. The Morgan fingerprint density at radius 1 is 1.17 bits per heavy atom. The topological polar surface area (TPSA) is 49.0 Å². The SMILES string of the molecule is CN(Cc1ccc(F)cc1)C(=O)CCCc1nc2ccccc2[nH]1. The summed E-state index contributed by atoms with van der Waals surface area (Å²) in [6.07, 6.45) is 1.95. The van der Waals surface area contributed by atoms with Crippen LogP contribution in [0.2, 0.25) is 0 Å². The third-order valence-electron chi connectivity index (χ3n) is 4.00. The van der Waals surface area contributed by atoms with Crippen LogP contribution >= 0.6 is 0 Å². The van der Waals surface area contributed by atoms with E-state index in [0.29, 0.717) is 13.0 Å². The van der Waals surface area contributed by atoms with Crippen LogP contribution in [0.1, 0.15) is 24.2 Å². The van der Waals surface area contributed by atoms with E-state index in [1.54, 1.807) is 24.1 Å².